The Balaban J connectivity index is 2.60. The summed E-state index contributed by atoms with van der Waals surface area (Å²) in [5.41, 5.74) is 2.78. The third-order valence-electron chi connectivity index (χ3n) is 3.05. The van der Waals surface area contributed by atoms with Gasteiger partial charge < -0.3 is 4.74 Å². The first-order valence-electron chi connectivity index (χ1n) is 6.28. The van der Waals surface area contributed by atoms with Crippen molar-refractivity contribution < 1.29 is 4.74 Å². The summed E-state index contributed by atoms with van der Waals surface area (Å²) in [6, 6.07) is 5.92. The molecule has 0 fully saturated rings. The molecule has 0 aromatic heterocycles. The first-order valence-corrected chi connectivity index (χ1v) is 7.40. The lowest BCUT2D eigenvalue weighted by Crippen LogP contribution is -2.06. The number of ether oxygens (including phenoxy) is 1. The van der Waals surface area contributed by atoms with Gasteiger partial charge in [-0.25, -0.2) is 0 Å². The molecular formula is C15H20BrNO. The molecule has 0 spiro atoms. The van der Waals surface area contributed by atoms with Gasteiger partial charge in [-0.15, -0.1) is 0 Å². The van der Waals surface area contributed by atoms with Gasteiger partial charge in [-0.1, -0.05) is 22.9 Å². The summed E-state index contributed by atoms with van der Waals surface area (Å²) in [5.74, 6) is 1.60. The number of nitriles is 1. The molecular weight excluding hydrogens is 290 g/mol. The van der Waals surface area contributed by atoms with Gasteiger partial charge in [0.1, 0.15) is 5.75 Å². The predicted octanol–water partition coefficient (Wildman–Crippen LogP) is 4.37. The van der Waals surface area contributed by atoms with Crippen LogP contribution in [0.4, 0.5) is 0 Å². The van der Waals surface area contributed by atoms with Gasteiger partial charge in [0, 0.05) is 5.33 Å². The SMILES string of the molecule is Cc1cc(C#N)cc(C)c1OCCC(C)CCBr. The third-order valence-corrected chi connectivity index (χ3v) is 3.51. The highest BCUT2D eigenvalue weighted by Crippen LogP contribution is 2.25. The monoisotopic (exact) mass is 309 g/mol. The zero-order valence-electron chi connectivity index (χ0n) is 11.3. The lowest BCUT2D eigenvalue weighted by molar-refractivity contribution is 0.279. The largest absolute Gasteiger partial charge is 0.493 e. The topological polar surface area (TPSA) is 33.0 Å². The van der Waals surface area contributed by atoms with Crippen LogP contribution in [0.5, 0.6) is 5.75 Å². The fourth-order valence-corrected chi connectivity index (χ4v) is 2.72. The van der Waals surface area contributed by atoms with E-state index in [9.17, 15) is 0 Å². The average molecular weight is 310 g/mol. The number of rotatable bonds is 6. The number of nitrogens with zero attached hydrogens (tertiary/aromatic N) is 1. The smallest absolute Gasteiger partial charge is 0.125 e. The molecule has 1 unspecified atom stereocenters. The summed E-state index contributed by atoms with van der Waals surface area (Å²) in [4.78, 5) is 0. The molecule has 1 aromatic carbocycles. The van der Waals surface area contributed by atoms with E-state index < -0.39 is 0 Å². The Kier molecular flexibility index (Phi) is 6.21. The van der Waals surface area contributed by atoms with Crippen LogP contribution in [0.3, 0.4) is 0 Å². The molecule has 0 radical (unpaired) electrons. The maximum atomic E-state index is 8.89. The van der Waals surface area contributed by atoms with Crippen molar-refractivity contribution in [2.45, 2.75) is 33.6 Å². The molecule has 0 heterocycles. The van der Waals surface area contributed by atoms with E-state index in [1.54, 1.807) is 0 Å². The van der Waals surface area contributed by atoms with Crippen LogP contribution in [-0.4, -0.2) is 11.9 Å². The Labute approximate surface area is 118 Å². The highest BCUT2D eigenvalue weighted by atomic mass is 79.9. The van der Waals surface area contributed by atoms with E-state index in [2.05, 4.69) is 28.9 Å². The molecule has 0 aliphatic rings. The molecule has 1 atom stereocenters. The van der Waals surface area contributed by atoms with Gasteiger partial charge in [-0.3, -0.25) is 0 Å². The zero-order valence-corrected chi connectivity index (χ0v) is 12.9. The van der Waals surface area contributed by atoms with E-state index >= 15 is 0 Å². The molecule has 0 bridgehead atoms. The summed E-state index contributed by atoms with van der Waals surface area (Å²) in [6.45, 7) is 6.96. The van der Waals surface area contributed by atoms with Crippen LogP contribution in [0.25, 0.3) is 0 Å². The minimum atomic E-state index is 0.670. The van der Waals surface area contributed by atoms with E-state index in [-0.39, 0.29) is 0 Å². The standard InChI is InChI=1S/C15H20BrNO/c1-11(4-6-16)5-7-18-15-12(2)8-14(10-17)9-13(15)3/h8-9,11H,4-7H2,1-3H3. The normalized spacial score (nSPS) is 11.9. The number of hydrogen-bond acceptors (Lipinski definition) is 2. The second-order valence-corrected chi connectivity index (χ2v) is 5.56. The number of aryl methyl sites for hydroxylation is 2. The molecule has 0 aliphatic heterocycles. The van der Waals surface area contributed by atoms with Crippen LogP contribution in [0.2, 0.25) is 0 Å². The molecule has 0 saturated carbocycles. The number of benzene rings is 1. The molecule has 1 rings (SSSR count). The van der Waals surface area contributed by atoms with Crippen molar-refractivity contribution in [3.8, 4) is 11.8 Å². The van der Waals surface area contributed by atoms with E-state index in [0.29, 0.717) is 11.5 Å². The van der Waals surface area contributed by atoms with Crippen LogP contribution in [0.1, 0.15) is 36.5 Å². The summed E-state index contributed by atoms with van der Waals surface area (Å²) < 4.78 is 5.86. The van der Waals surface area contributed by atoms with Gasteiger partial charge in [-0.2, -0.15) is 5.26 Å². The van der Waals surface area contributed by atoms with Gasteiger partial charge in [0.2, 0.25) is 0 Å². The maximum Gasteiger partial charge on any atom is 0.125 e. The van der Waals surface area contributed by atoms with Crippen LogP contribution < -0.4 is 4.74 Å². The zero-order chi connectivity index (χ0) is 13.5. The molecule has 1 aromatic rings. The van der Waals surface area contributed by atoms with Crippen LogP contribution >= 0.6 is 15.9 Å². The van der Waals surface area contributed by atoms with Gasteiger partial charge in [0.25, 0.3) is 0 Å². The number of halogens is 1. The van der Waals surface area contributed by atoms with Gasteiger partial charge >= 0.3 is 0 Å². The minimum absolute atomic E-state index is 0.670. The quantitative estimate of drug-likeness (QED) is 0.731. The van der Waals surface area contributed by atoms with Gasteiger partial charge in [0.15, 0.2) is 0 Å². The lowest BCUT2D eigenvalue weighted by atomic mass is 10.1. The molecule has 98 valence electrons. The Morgan fingerprint density at radius 3 is 2.39 bits per heavy atom. The molecule has 2 nitrogen and oxygen atoms in total. The van der Waals surface area contributed by atoms with E-state index in [1.165, 1.54) is 6.42 Å². The third kappa shape index (κ3) is 4.34. The predicted molar refractivity (Wildman–Crippen MR) is 78.3 cm³/mol. The Morgan fingerprint density at radius 2 is 1.89 bits per heavy atom. The van der Waals surface area contributed by atoms with Crippen molar-refractivity contribution in [1.29, 1.82) is 5.26 Å². The highest BCUT2D eigenvalue weighted by Gasteiger charge is 2.07. The van der Waals surface area contributed by atoms with Crippen molar-refractivity contribution in [1.82, 2.24) is 0 Å². The average Bonchev–Trinajstić information content (AvgIpc) is 2.32. The lowest BCUT2D eigenvalue weighted by Gasteiger charge is -2.14. The van der Waals surface area contributed by atoms with Crippen molar-refractivity contribution in [2.24, 2.45) is 5.92 Å². The fraction of sp³-hybridized carbons (Fsp3) is 0.533. The van der Waals surface area contributed by atoms with Crippen LogP contribution in [0, 0.1) is 31.1 Å². The van der Waals surface area contributed by atoms with Crippen molar-refractivity contribution in [3.05, 3.63) is 28.8 Å². The summed E-state index contributed by atoms with van der Waals surface area (Å²) in [6.07, 6.45) is 2.24. The molecule has 0 saturated heterocycles. The first-order chi connectivity index (χ1) is 8.58. The number of alkyl halides is 1. The molecule has 3 heteroatoms. The second-order valence-electron chi connectivity index (χ2n) is 4.77. The van der Waals surface area contributed by atoms with Crippen LogP contribution in [-0.2, 0) is 0 Å². The van der Waals surface area contributed by atoms with Crippen LogP contribution in [0.15, 0.2) is 12.1 Å². The Hall–Kier alpha value is -1.01. The molecule has 0 N–H and O–H groups in total. The highest BCUT2D eigenvalue weighted by molar-refractivity contribution is 9.09. The van der Waals surface area contributed by atoms with E-state index in [0.717, 1.165) is 35.2 Å². The Bertz CT molecular complexity index is 414. The maximum absolute atomic E-state index is 8.89. The first kappa shape index (κ1) is 15.0. The number of hydrogen-bond donors (Lipinski definition) is 0. The summed E-state index contributed by atoms with van der Waals surface area (Å²) in [5, 5.41) is 9.93. The summed E-state index contributed by atoms with van der Waals surface area (Å²) in [7, 11) is 0. The molecule has 18 heavy (non-hydrogen) atoms. The second kappa shape index (κ2) is 7.43. The fourth-order valence-electron chi connectivity index (χ4n) is 1.94. The van der Waals surface area contributed by atoms with E-state index in [4.69, 9.17) is 10.00 Å². The van der Waals surface area contributed by atoms with E-state index in [1.807, 2.05) is 26.0 Å². The van der Waals surface area contributed by atoms with Gasteiger partial charge in [-0.05, 0) is 55.9 Å². The summed E-state index contributed by atoms with van der Waals surface area (Å²) >= 11 is 3.45. The molecule has 0 amide bonds. The molecule has 0 aliphatic carbocycles. The van der Waals surface area contributed by atoms with Crippen molar-refractivity contribution >= 4 is 15.9 Å². The minimum Gasteiger partial charge on any atom is -0.493 e. The van der Waals surface area contributed by atoms with Gasteiger partial charge in [0.05, 0.1) is 18.2 Å². The van der Waals surface area contributed by atoms with Crippen molar-refractivity contribution in [2.75, 3.05) is 11.9 Å². The van der Waals surface area contributed by atoms with Crippen molar-refractivity contribution in [3.63, 3.8) is 0 Å². The Morgan fingerprint density at radius 1 is 1.28 bits per heavy atom.